The normalized spacial score (nSPS) is 10.6. The molecule has 2 rings (SSSR count). The molecular weight excluding hydrogens is 439 g/mol. The second kappa shape index (κ2) is 15.9. The van der Waals surface area contributed by atoms with Crippen molar-refractivity contribution in [2.24, 2.45) is 16.5 Å². The summed E-state index contributed by atoms with van der Waals surface area (Å²) in [5.74, 6) is 1.43. The number of benzene rings is 1. The molecule has 0 aliphatic carbocycles. The molecule has 0 saturated carbocycles. The van der Waals surface area contributed by atoms with E-state index < -0.39 is 0 Å². The van der Waals surface area contributed by atoms with Crippen molar-refractivity contribution in [3.63, 3.8) is 0 Å². The van der Waals surface area contributed by atoms with Gasteiger partial charge in [0.05, 0.1) is 16.7 Å². The summed E-state index contributed by atoms with van der Waals surface area (Å²) >= 11 is 1.58. The molecule has 5 nitrogen and oxygen atoms in total. The van der Waals surface area contributed by atoms with E-state index in [0.29, 0.717) is 18.9 Å². The molecule has 0 radical (unpaired) electrons. The maximum Gasteiger partial charge on any atom is 0.141 e. The van der Waals surface area contributed by atoms with Crippen LogP contribution in [-0.4, -0.2) is 25.0 Å². The van der Waals surface area contributed by atoms with Gasteiger partial charge in [-0.25, -0.2) is 4.99 Å². The molecule has 0 atom stereocenters. The maximum atomic E-state index is 6.16. The Bertz CT molecular complexity index is 680. The highest BCUT2D eigenvalue weighted by Gasteiger charge is 2.11. The van der Waals surface area contributed by atoms with E-state index in [0.717, 1.165) is 41.3 Å². The number of thiophene rings is 1. The first-order chi connectivity index (χ1) is 12.2. The monoisotopic (exact) mass is 468 g/mol. The molecule has 1 aromatic carbocycles. The van der Waals surface area contributed by atoms with Crippen LogP contribution in [0, 0.1) is 0 Å². The lowest BCUT2D eigenvalue weighted by molar-refractivity contribution is 0.190. The quantitative estimate of drug-likeness (QED) is 0.268. The predicted octanol–water partition coefficient (Wildman–Crippen LogP) is 4.67. The molecule has 0 aliphatic heterocycles. The zero-order valence-corrected chi connectivity index (χ0v) is 19.5. The first kappa shape index (κ1) is 29.2. The Morgan fingerprint density at radius 2 is 1.89 bits per heavy atom. The fourth-order valence-corrected chi connectivity index (χ4v) is 3.09. The van der Waals surface area contributed by atoms with Crippen LogP contribution >= 0.6 is 48.6 Å². The van der Waals surface area contributed by atoms with E-state index in [2.05, 4.69) is 24.2 Å². The minimum absolute atomic E-state index is 0. The molecule has 0 amide bonds. The third-order valence-corrected chi connectivity index (χ3v) is 4.80. The van der Waals surface area contributed by atoms with Crippen LogP contribution in [-0.2, 0) is 6.54 Å². The smallest absolute Gasteiger partial charge is 0.141 e. The molecule has 1 aromatic heterocycles. The molecule has 0 saturated heterocycles. The Balaban J connectivity index is 0. The fourth-order valence-electron chi connectivity index (χ4n) is 2.47. The van der Waals surface area contributed by atoms with Crippen molar-refractivity contribution < 1.29 is 4.74 Å². The van der Waals surface area contributed by atoms with Gasteiger partial charge in [-0.15, -0.1) is 48.6 Å². The summed E-state index contributed by atoms with van der Waals surface area (Å²) < 4.78 is 6.16. The van der Waals surface area contributed by atoms with E-state index in [4.69, 9.17) is 16.2 Å². The Morgan fingerprint density at radius 3 is 2.46 bits per heavy atom. The zero-order chi connectivity index (χ0) is 18.1. The van der Waals surface area contributed by atoms with E-state index in [1.54, 1.807) is 11.3 Å². The third kappa shape index (κ3) is 8.99. The molecule has 0 aliphatic rings. The highest BCUT2D eigenvalue weighted by molar-refractivity contribution is 7.12. The number of halogens is 3. The summed E-state index contributed by atoms with van der Waals surface area (Å²) in [5.41, 5.74) is 13.6. The molecule has 0 bridgehead atoms. The molecule has 1 heterocycles. The van der Waals surface area contributed by atoms with E-state index in [-0.39, 0.29) is 43.3 Å². The lowest BCUT2D eigenvalue weighted by Crippen LogP contribution is -2.23. The topological polar surface area (TPSA) is 85.7 Å². The van der Waals surface area contributed by atoms with E-state index >= 15 is 0 Å². The van der Waals surface area contributed by atoms with E-state index in [1.165, 1.54) is 0 Å². The molecule has 0 spiro atoms. The number of nitrogens with zero attached hydrogens (tertiary/aromatic N) is 1. The Kier molecular flexibility index (Phi) is 16.5. The minimum atomic E-state index is 0. The minimum Gasteiger partial charge on any atom is -0.490 e. The predicted molar refractivity (Wildman–Crippen MR) is 129 cm³/mol. The molecule has 0 unspecified atom stereocenters. The lowest BCUT2D eigenvalue weighted by Gasteiger charge is -2.19. The largest absolute Gasteiger partial charge is 0.490 e. The van der Waals surface area contributed by atoms with Gasteiger partial charge in [0.15, 0.2) is 0 Å². The average molecular weight is 470 g/mol. The van der Waals surface area contributed by atoms with Gasteiger partial charge in [-0.1, -0.05) is 19.9 Å². The van der Waals surface area contributed by atoms with E-state index in [9.17, 15) is 0 Å². The highest BCUT2D eigenvalue weighted by Crippen LogP contribution is 2.27. The van der Waals surface area contributed by atoms with E-state index in [1.807, 2.05) is 35.7 Å². The number of aliphatic imine (C=N–C) groups is 1. The number of rotatable bonds is 10. The molecule has 5 N–H and O–H groups in total. The molecule has 160 valence electrons. The summed E-state index contributed by atoms with van der Waals surface area (Å²) in [6, 6.07) is 9.90. The van der Waals surface area contributed by atoms with Crippen molar-refractivity contribution in [2.75, 3.05) is 13.1 Å². The summed E-state index contributed by atoms with van der Waals surface area (Å²) in [6.07, 6.45) is 2.19. The Morgan fingerprint density at radius 1 is 1.18 bits per heavy atom. The number of nitrogens with one attached hydrogen (secondary N) is 1. The first-order valence-electron chi connectivity index (χ1n) is 8.76. The second-order valence-electron chi connectivity index (χ2n) is 5.79. The molecule has 28 heavy (non-hydrogen) atoms. The summed E-state index contributed by atoms with van der Waals surface area (Å²) in [5, 5.41) is 5.32. The maximum absolute atomic E-state index is 6.16. The van der Waals surface area contributed by atoms with Gasteiger partial charge in [-0.2, -0.15) is 0 Å². The number of amidine groups is 1. The Labute approximate surface area is 190 Å². The van der Waals surface area contributed by atoms with Gasteiger partial charge in [-0.05, 0) is 42.5 Å². The number of hydrogen-bond acceptors (Lipinski definition) is 5. The molecule has 2 aromatic rings. The second-order valence-corrected chi connectivity index (χ2v) is 6.74. The van der Waals surface area contributed by atoms with Crippen LogP contribution < -0.4 is 21.5 Å². The molecule has 0 fully saturated rings. The first-order valence-corrected chi connectivity index (χ1v) is 9.64. The molecule has 9 heteroatoms. The van der Waals surface area contributed by atoms with Crippen molar-refractivity contribution in [1.29, 1.82) is 0 Å². The van der Waals surface area contributed by atoms with Gasteiger partial charge in [0.2, 0.25) is 0 Å². The van der Waals surface area contributed by atoms with Crippen molar-refractivity contribution in [3.8, 4) is 5.75 Å². The number of nitrogens with two attached hydrogens (primary N) is 2. The number of ether oxygens (including phenoxy) is 1. The van der Waals surface area contributed by atoms with Crippen LogP contribution in [0.5, 0.6) is 5.75 Å². The van der Waals surface area contributed by atoms with Gasteiger partial charge in [0.25, 0.3) is 0 Å². The van der Waals surface area contributed by atoms with Gasteiger partial charge in [0.1, 0.15) is 11.6 Å². The summed E-state index contributed by atoms with van der Waals surface area (Å²) in [4.78, 5) is 5.52. The Hall–Kier alpha value is -1.02. The third-order valence-electron chi connectivity index (χ3n) is 3.91. The molecular formula is C19H31Cl3N4OS. The standard InChI is InChI=1S/C19H28N4OS.3ClH/c1-3-16(4-2)24-17-8-7-15(12-14(17)13-22-10-9-20)23-19(21)18-6-5-11-25-18;;;/h5-8,11-12,16,22H,3-4,9-10,13,20H2,1-2H3,(H2,21,23);3*1H. The van der Waals surface area contributed by atoms with Gasteiger partial charge >= 0.3 is 0 Å². The fraction of sp³-hybridized carbons (Fsp3) is 0.421. The van der Waals surface area contributed by atoms with Crippen molar-refractivity contribution >= 4 is 60.1 Å². The van der Waals surface area contributed by atoms with Crippen LogP contribution in [0.4, 0.5) is 5.69 Å². The van der Waals surface area contributed by atoms with Crippen LogP contribution in [0.25, 0.3) is 0 Å². The van der Waals surface area contributed by atoms with Crippen molar-refractivity contribution in [3.05, 3.63) is 46.2 Å². The van der Waals surface area contributed by atoms with Crippen molar-refractivity contribution in [1.82, 2.24) is 5.32 Å². The zero-order valence-electron chi connectivity index (χ0n) is 16.2. The van der Waals surface area contributed by atoms with Crippen LogP contribution in [0.1, 0.15) is 37.1 Å². The summed E-state index contributed by atoms with van der Waals surface area (Å²) in [7, 11) is 0. The average Bonchev–Trinajstić information content (AvgIpc) is 3.16. The van der Waals surface area contributed by atoms with Crippen LogP contribution in [0.3, 0.4) is 0 Å². The van der Waals surface area contributed by atoms with Gasteiger partial charge in [0, 0.05) is 25.2 Å². The van der Waals surface area contributed by atoms with Crippen LogP contribution in [0.2, 0.25) is 0 Å². The van der Waals surface area contributed by atoms with Gasteiger partial charge < -0.3 is 21.5 Å². The lowest BCUT2D eigenvalue weighted by atomic mass is 10.1. The SMILES string of the molecule is CCC(CC)Oc1ccc(N=C(N)c2cccs2)cc1CNCCN.Cl.Cl.Cl. The highest BCUT2D eigenvalue weighted by atomic mass is 35.5. The van der Waals surface area contributed by atoms with Gasteiger partial charge in [-0.3, -0.25) is 0 Å². The van der Waals surface area contributed by atoms with Crippen LogP contribution in [0.15, 0.2) is 40.7 Å². The summed E-state index contributed by atoms with van der Waals surface area (Å²) in [6.45, 7) is 6.33. The number of hydrogen-bond donors (Lipinski definition) is 3. The van der Waals surface area contributed by atoms with Crippen molar-refractivity contribution in [2.45, 2.75) is 39.3 Å².